The van der Waals surface area contributed by atoms with Crippen molar-refractivity contribution >= 4 is 34.3 Å². The lowest BCUT2D eigenvalue weighted by atomic mass is 10.1. The molecule has 3 heterocycles. The van der Waals surface area contributed by atoms with Crippen LogP contribution in [0.25, 0.3) is 16.7 Å². The Morgan fingerprint density at radius 3 is 2.62 bits per heavy atom. The fourth-order valence-electron chi connectivity index (χ4n) is 5.94. The van der Waals surface area contributed by atoms with Crippen molar-refractivity contribution in [2.24, 2.45) is 0 Å². The van der Waals surface area contributed by atoms with E-state index in [-0.39, 0.29) is 11.0 Å². The van der Waals surface area contributed by atoms with E-state index in [0.717, 1.165) is 49.4 Å². The largest absolute Gasteiger partial charge is 0.360 e. The van der Waals surface area contributed by atoms with Crippen molar-refractivity contribution < 1.29 is 10.1 Å². The van der Waals surface area contributed by atoms with Gasteiger partial charge in [0.05, 0.1) is 18.5 Å². The zero-order valence-corrected chi connectivity index (χ0v) is 22.6. The first-order valence-corrected chi connectivity index (χ1v) is 13.6. The van der Waals surface area contributed by atoms with Gasteiger partial charge in [0.2, 0.25) is 11.4 Å². The Morgan fingerprint density at radius 2 is 1.82 bits per heavy atom. The number of fused-ring (bicyclic) bond motifs is 2. The first-order chi connectivity index (χ1) is 18.9. The fraction of sp³-hybridized carbons (Fsp3) is 0.333. The maximum atomic E-state index is 13.3. The molecule has 6 rings (SSSR count). The third-order valence-electron chi connectivity index (χ3n) is 7.72. The number of carbonyl (C=O) groups excluding carboxylic acids is 1. The van der Waals surface area contributed by atoms with Crippen molar-refractivity contribution in [1.29, 1.82) is 0 Å². The summed E-state index contributed by atoms with van der Waals surface area (Å²) in [5.41, 5.74) is 5.65. The summed E-state index contributed by atoms with van der Waals surface area (Å²) in [6, 6.07) is 15.6. The number of hydrogen-bond donors (Lipinski definition) is 3. The average Bonchev–Trinajstić information content (AvgIpc) is 3.41. The van der Waals surface area contributed by atoms with Crippen LogP contribution in [0.3, 0.4) is 0 Å². The molecule has 1 saturated heterocycles. The summed E-state index contributed by atoms with van der Waals surface area (Å²) < 4.78 is 1.83. The molecule has 2 aromatic heterocycles. The molecule has 4 aromatic rings. The lowest BCUT2D eigenvalue weighted by molar-refractivity contribution is -0.716. The topological polar surface area (TPSA) is 109 Å². The fourth-order valence-corrected chi connectivity index (χ4v) is 5.94. The zero-order chi connectivity index (χ0) is 27.1. The molecule has 39 heavy (non-hydrogen) atoms. The molecule has 0 radical (unpaired) electrons. The van der Waals surface area contributed by atoms with Crippen LogP contribution in [0.4, 0.5) is 17.3 Å². The molecule has 2 unspecified atom stereocenters. The number of hydrogen-bond acceptors (Lipinski definition) is 6. The SMILES string of the molecule is CNC(=O)c1cn(-c2ccc3c(c2)CCC3)c2nc(Nc3cccc(N4CC(C)[NH2+]C(C)C4)c3)ncc2c1=O. The lowest BCUT2D eigenvalue weighted by Gasteiger charge is -2.35. The van der Waals surface area contributed by atoms with Gasteiger partial charge >= 0.3 is 0 Å². The molecule has 1 fully saturated rings. The highest BCUT2D eigenvalue weighted by molar-refractivity contribution is 5.97. The van der Waals surface area contributed by atoms with Gasteiger partial charge < -0.3 is 25.4 Å². The van der Waals surface area contributed by atoms with Crippen LogP contribution in [0.15, 0.2) is 59.7 Å². The molecule has 2 aromatic carbocycles. The molecule has 1 amide bonds. The van der Waals surface area contributed by atoms with Gasteiger partial charge in [-0.2, -0.15) is 4.98 Å². The van der Waals surface area contributed by atoms with Crippen LogP contribution in [0.5, 0.6) is 0 Å². The van der Waals surface area contributed by atoms with Crippen LogP contribution in [0, 0.1) is 0 Å². The van der Waals surface area contributed by atoms with Crippen molar-refractivity contribution in [3.8, 4) is 5.69 Å². The van der Waals surface area contributed by atoms with Crippen LogP contribution in [-0.2, 0) is 12.8 Å². The second kappa shape index (κ2) is 10.1. The number of carbonyl (C=O) groups is 1. The molecule has 2 aliphatic rings. The predicted octanol–water partition coefficient (Wildman–Crippen LogP) is 2.53. The summed E-state index contributed by atoms with van der Waals surface area (Å²) in [4.78, 5) is 37.5. The van der Waals surface area contributed by atoms with Crippen LogP contribution < -0.4 is 26.3 Å². The van der Waals surface area contributed by atoms with Crippen molar-refractivity contribution in [3.63, 3.8) is 0 Å². The minimum Gasteiger partial charge on any atom is -0.360 e. The molecule has 1 aliphatic carbocycles. The van der Waals surface area contributed by atoms with E-state index in [9.17, 15) is 9.59 Å². The number of rotatable bonds is 5. The molecule has 2 atom stereocenters. The Balaban J connectivity index is 1.40. The van der Waals surface area contributed by atoms with E-state index >= 15 is 0 Å². The Bertz CT molecular complexity index is 1620. The molecule has 0 spiro atoms. The van der Waals surface area contributed by atoms with Gasteiger partial charge in [-0.25, -0.2) is 4.98 Å². The van der Waals surface area contributed by atoms with E-state index in [1.807, 2.05) is 22.8 Å². The van der Waals surface area contributed by atoms with Crippen molar-refractivity contribution in [1.82, 2.24) is 19.9 Å². The normalized spacial score (nSPS) is 18.7. The van der Waals surface area contributed by atoms with Crippen molar-refractivity contribution in [3.05, 3.63) is 81.8 Å². The third-order valence-corrected chi connectivity index (χ3v) is 7.72. The second-order valence-corrected chi connectivity index (χ2v) is 10.8. The number of nitrogens with two attached hydrogens (primary N) is 1. The lowest BCUT2D eigenvalue weighted by Crippen LogP contribution is -2.99. The first kappa shape index (κ1) is 25.1. The molecular weight excluding hydrogens is 490 g/mol. The molecule has 9 nitrogen and oxygen atoms in total. The van der Waals surface area contributed by atoms with Gasteiger partial charge in [0.1, 0.15) is 17.6 Å². The summed E-state index contributed by atoms with van der Waals surface area (Å²) in [5.74, 6) is -0.0508. The average molecular weight is 525 g/mol. The van der Waals surface area contributed by atoms with E-state index in [0.29, 0.717) is 29.1 Å². The number of aromatic nitrogens is 3. The van der Waals surface area contributed by atoms with Crippen molar-refractivity contribution in [2.45, 2.75) is 45.2 Å². The number of benzene rings is 2. The Morgan fingerprint density at radius 1 is 1.03 bits per heavy atom. The predicted molar refractivity (Wildman–Crippen MR) is 153 cm³/mol. The van der Waals surface area contributed by atoms with E-state index in [2.05, 4.69) is 63.9 Å². The molecule has 0 bridgehead atoms. The standard InChI is InChI=1S/C30H33N7O2/c1-18-15-36(16-19(2)33-18)23-9-5-8-22(13-23)34-30-32-14-25-27(38)26(29(39)31-3)17-37(28(25)35-30)24-11-10-20-6-4-7-21(20)12-24/h5,8-14,17-19,33H,4,6-7,15-16H2,1-3H3,(H,31,39)(H,32,34,35)/p+1. The summed E-state index contributed by atoms with van der Waals surface area (Å²) in [5, 5.41) is 8.62. The molecule has 4 N–H and O–H groups in total. The Kier molecular flexibility index (Phi) is 6.52. The highest BCUT2D eigenvalue weighted by Gasteiger charge is 2.25. The van der Waals surface area contributed by atoms with Gasteiger partial charge in [0, 0.05) is 36.5 Å². The minimum atomic E-state index is -0.435. The maximum absolute atomic E-state index is 13.3. The van der Waals surface area contributed by atoms with Crippen LogP contribution in [0.1, 0.15) is 41.8 Å². The summed E-state index contributed by atoms with van der Waals surface area (Å²) in [7, 11) is 1.52. The number of aryl methyl sites for hydroxylation is 2. The summed E-state index contributed by atoms with van der Waals surface area (Å²) in [6.45, 7) is 6.48. The van der Waals surface area contributed by atoms with Gasteiger partial charge in [-0.05, 0) is 74.6 Å². The second-order valence-electron chi connectivity index (χ2n) is 10.8. The molecule has 0 saturated carbocycles. The Hall–Kier alpha value is -4.24. The number of nitrogens with zero attached hydrogens (tertiary/aromatic N) is 4. The van der Waals surface area contributed by atoms with Gasteiger partial charge in [0.25, 0.3) is 5.91 Å². The molecule has 9 heteroatoms. The highest BCUT2D eigenvalue weighted by Crippen LogP contribution is 2.27. The number of quaternary nitrogens is 1. The van der Waals surface area contributed by atoms with Gasteiger partial charge in [-0.1, -0.05) is 12.1 Å². The first-order valence-electron chi connectivity index (χ1n) is 13.6. The quantitative estimate of drug-likeness (QED) is 0.370. The number of nitrogens with one attached hydrogen (secondary N) is 2. The molecule has 1 aliphatic heterocycles. The minimum absolute atomic E-state index is 0.0599. The Labute approximate surface area is 227 Å². The smallest absolute Gasteiger partial charge is 0.256 e. The summed E-state index contributed by atoms with van der Waals surface area (Å²) in [6.07, 6.45) is 6.33. The van der Waals surface area contributed by atoms with E-state index in [1.165, 1.54) is 24.4 Å². The van der Waals surface area contributed by atoms with Crippen LogP contribution in [-0.4, -0.2) is 52.7 Å². The number of piperazine rings is 1. The number of amides is 1. The van der Waals surface area contributed by atoms with Gasteiger partial charge in [0.15, 0.2) is 5.65 Å². The monoisotopic (exact) mass is 524 g/mol. The van der Waals surface area contributed by atoms with Crippen LogP contribution >= 0.6 is 0 Å². The van der Waals surface area contributed by atoms with E-state index in [1.54, 1.807) is 6.20 Å². The highest BCUT2D eigenvalue weighted by atomic mass is 16.2. The zero-order valence-electron chi connectivity index (χ0n) is 22.6. The van der Waals surface area contributed by atoms with Crippen molar-refractivity contribution in [2.75, 3.05) is 30.4 Å². The molecular formula is C30H34N7O2+. The van der Waals surface area contributed by atoms with Gasteiger partial charge in [-0.15, -0.1) is 0 Å². The molecule has 200 valence electrons. The van der Waals surface area contributed by atoms with Crippen LogP contribution in [0.2, 0.25) is 0 Å². The maximum Gasteiger partial charge on any atom is 0.256 e. The van der Waals surface area contributed by atoms with Gasteiger partial charge in [-0.3, -0.25) is 9.59 Å². The van der Waals surface area contributed by atoms with E-state index < -0.39 is 5.91 Å². The number of anilines is 3. The number of pyridine rings is 1. The third kappa shape index (κ3) is 4.85. The summed E-state index contributed by atoms with van der Waals surface area (Å²) >= 11 is 0. The van der Waals surface area contributed by atoms with E-state index in [4.69, 9.17) is 4.98 Å².